The maximum atomic E-state index is 13.1. The topological polar surface area (TPSA) is 78.9 Å². The molecule has 0 spiro atoms. The van der Waals surface area contributed by atoms with Crippen LogP contribution in [0.15, 0.2) is 35.2 Å². The Bertz CT molecular complexity index is 629. The summed E-state index contributed by atoms with van der Waals surface area (Å²) in [5.41, 5.74) is 0. The van der Waals surface area contributed by atoms with Crippen LogP contribution >= 0.6 is 0 Å². The summed E-state index contributed by atoms with van der Waals surface area (Å²) in [5.74, 6) is -1.36. The average Bonchev–Trinajstić information content (AvgIpc) is 2.64. The van der Waals surface area contributed by atoms with Gasteiger partial charge in [-0.05, 0) is 18.6 Å². The van der Waals surface area contributed by atoms with Gasteiger partial charge in [-0.15, -0.1) is 0 Å². The lowest BCUT2D eigenvalue weighted by Crippen LogP contribution is -2.43. The van der Waals surface area contributed by atoms with Gasteiger partial charge in [0.05, 0.1) is 18.1 Å². The summed E-state index contributed by atoms with van der Waals surface area (Å²) < 4.78 is 41.7. The van der Waals surface area contributed by atoms with E-state index in [4.69, 9.17) is 14.2 Å². The summed E-state index contributed by atoms with van der Waals surface area (Å²) >= 11 is 0. The molecule has 0 radical (unpaired) electrons. The second-order valence-corrected chi connectivity index (χ2v) is 8.34. The zero-order valence-corrected chi connectivity index (χ0v) is 16.8. The summed E-state index contributed by atoms with van der Waals surface area (Å²) in [4.78, 5) is 12.5. The van der Waals surface area contributed by atoms with E-state index in [0.29, 0.717) is 6.42 Å². The highest BCUT2D eigenvalue weighted by molar-refractivity contribution is 7.92. The molecule has 0 aliphatic heterocycles. The number of methoxy groups -OCH3 is 2. The highest BCUT2D eigenvalue weighted by Crippen LogP contribution is 2.28. The quantitative estimate of drug-likeness (QED) is 0.312. The summed E-state index contributed by atoms with van der Waals surface area (Å²) in [6.07, 6.45) is 3.15. The first-order chi connectivity index (χ1) is 12.4. The van der Waals surface area contributed by atoms with Crippen molar-refractivity contribution in [2.24, 2.45) is 5.92 Å². The maximum Gasteiger partial charge on any atom is 0.324 e. The highest BCUT2D eigenvalue weighted by Gasteiger charge is 2.42. The molecular formula is C19H30O6S. The number of ether oxygens (including phenoxy) is 3. The van der Waals surface area contributed by atoms with Gasteiger partial charge >= 0.3 is 5.97 Å². The third-order valence-corrected chi connectivity index (χ3v) is 6.62. The molecule has 0 aliphatic carbocycles. The molecule has 0 amide bonds. The van der Waals surface area contributed by atoms with Gasteiger partial charge in [-0.25, -0.2) is 8.42 Å². The predicted molar refractivity (Wildman–Crippen MR) is 99.5 cm³/mol. The molecule has 7 heteroatoms. The molecule has 0 aromatic heterocycles. The van der Waals surface area contributed by atoms with Crippen LogP contribution in [0.3, 0.4) is 0 Å². The van der Waals surface area contributed by atoms with E-state index in [2.05, 4.69) is 6.92 Å². The Balaban J connectivity index is 3.17. The first kappa shape index (κ1) is 22.6. The van der Waals surface area contributed by atoms with Gasteiger partial charge in [-0.2, -0.15) is 0 Å². The van der Waals surface area contributed by atoms with Crippen LogP contribution in [-0.4, -0.2) is 46.8 Å². The van der Waals surface area contributed by atoms with Gasteiger partial charge in [0.1, 0.15) is 6.79 Å². The molecule has 0 saturated heterocycles. The number of unbranched alkanes of at least 4 members (excludes halogenated alkanes) is 2. The van der Waals surface area contributed by atoms with Gasteiger partial charge in [0, 0.05) is 13.0 Å². The molecule has 1 aromatic carbocycles. The fraction of sp³-hybridized carbons (Fsp3) is 0.632. The van der Waals surface area contributed by atoms with E-state index in [-0.39, 0.29) is 11.7 Å². The minimum atomic E-state index is -3.91. The lowest BCUT2D eigenvalue weighted by Gasteiger charge is -2.29. The number of rotatable bonds is 12. The second-order valence-electron chi connectivity index (χ2n) is 6.27. The molecule has 6 nitrogen and oxygen atoms in total. The van der Waals surface area contributed by atoms with Gasteiger partial charge in [0.2, 0.25) is 0 Å². The molecule has 148 valence electrons. The lowest BCUT2D eigenvalue weighted by molar-refractivity contribution is -0.144. The fourth-order valence-electron chi connectivity index (χ4n) is 2.94. The molecule has 3 atom stereocenters. The van der Waals surface area contributed by atoms with Crippen molar-refractivity contribution in [3.05, 3.63) is 30.3 Å². The molecular weight excluding hydrogens is 356 g/mol. The molecule has 0 saturated carbocycles. The Kier molecular flexibility index (Phi) is 9.83. The van der Waals surface area contributed by atoms with E-state index < -0.39 is 33.1 Å². The first-order valence-electron chi connectivity index (χ1n) is 8.87. The molecule has 26 heavy (non-hydrogen) atoms. The monoisotopic (exact) mass is 386 g/mol. The third kappa shape index (κ3) is 6.07. The number of sulfone groups is 1. The number of benzene rings is 1. The molecule has 1 aromatic rings. The van der Waals surface area contributed by atoms with Gasteiger partial charge in [0.25, 0.3) is 0 Å². The van der Waals surface area contributed by atoms with Crippen molar-refractivity contribution in [2.45, 2.75) is 55.8 Å². The molecule has 1 unspecified atom stereocenters. The van der Waals surface area contributed by atoms with Gasteiger partial charge < -0.3 is 14.2 Å². The molecule has 0 bridgehead atoms. The average molecular weight is 387 g/mol. The molecule has 0 N–H and O–H groups in total. The zero-order chi connectivity index (χ0) is 19.6. The SMILES string of the molecule is CCCCC[C@H](OCOC)[C@@H](C)C(C(=O)OC)S(=O)(=O)c1ccccc1. The van der Waals surface area contributed by atoms with Crippen molar-refractivity contribution >= 4 is 15.8 Å². The normalized spacial score (nSPS) is 15.2. The zero-order valence-electron chi connectivity index (χ0n) is 16.0. The Labute approximate surface area is 156 Å². The lowest BCUT2D eigenvalue weighted by atomic mass is 9.95. The number of carbonyl (C=O) groups excluding carboxylic acids is 1. The van der Waals surface area contributed by atoms with E-state index in [1.165, 1.54) is 26.4 Å². The van der Waals surface area contributed by atoms with Crippen molar-refractivity contribution in [3.63, 3.8) is 0 Å². The summed E-state index contributed by atoms with van der Waals surface area (Å²) in [6.45, 7) is 3.85. The minimum absolute atomic E-state index is 0.0421. The fourth-order valence-corrected chi connectivity index (χ4v) is 4.86. The number of carbonyl (C=O) groups is 1. The molecule has 0 aliphatic rings. The van der Waals surface area contributed by atoms with Crippen molar-refractivity contribution in [2.75, 3.05) is 21.0 Å². The van der Waals surface area contributed by atoms with Crippen LogP contribution in [0.2, 0.25) is 0 Å². The summed E-state index contributed by atoms with van der Waals surface area (Å²) in [6, 6.07) is 7.96. The van der Waals surface area contributed by atoms with Gasteiger partial charge in [-0.1, -0.05) is 51.3 Å². The van der Waals surface area contributed by atoms with Crippen molar-refractivity contribution < 1.29 is 27.4 Å². The number of hydrogen-bond donors (Lipinski definition) is 0. The summed E-state index contributed by atoms with van der Waals surface area (Å²) in [5, 5.41) is -1.33. The van der Waals surface area contributed by atoms with Crippen LogP contribution in [0, 0.1) is 5.92 Å². The Hall–Kier alpha value is -1.44. The number of hydrogen-bond acceptors (Lipinski definition) is 6. The molecule has 0 heterocycles. The maximum absolute atomic E-state index is 13.1. The van der Waals surface area contributed by atoms with Crippen LogP contribution in [0.25, 0.3) is 0 Å². The van der Waals surface area contributed by atoms with Crippen molar-refractivity contribution in [1.29, 1.82) is 0 Å². The Morgan fingerprint density at radius 3 is 2.31 bits per heavy atom. The van der Waals surface area contributed by atoms with E-state index >= 15 is 0 Å². The smallest absolute Gasteiger partial charge is 0.324 e. The van der Waals surface area contributed by atoms with Gasteiger partial charge in [0.15, 0.2) is 15.1 Å². The van der Waals surface area contributed by atoms with Crippen LogP contribution in [0.4, 0.5) is 0 Å². The number of esters is 1. The summed E-state index contributed by atoms with van der Waals surface area (Å²) in [7, 11) is -1.20. The van der Waals surface area contributed by atoms with Crippen LogP contribution in [0.5, 0.6) is 0 Å². The van der Waals surface area contributed by atoms with Crippen molar-refractivity contribution in [3.8, 4) is 0 Å². The van der Waals surface area contributed by atoms with Crippen LogP contribution in [0.1, 0.15) is 39.5 Å². The third-order valence-electron chi connectivity index (χ3n) is 4.40. The van der Waals surface area contributed by atoms with Crippen LogP contribution < -0.4 is 0 Å². The molecule has 1 rings (SSSR count). The standard InChI is InChI=1S/C19H30O6S/c1-5-6-8-13-17(25-14-23-3)15(2)18(19(20)24-4)26(21,22)16-11-9-7-10-12-16/h7,9-12,15,17-18H,5-6,8,13-14H2,1-4H3/t15-,17+,18?/m1/s1. The van der Waals surface area contributed by atoms with E-state index in [0.717, 1.165) is 19.3 Å². The second kappa shape index (κ2) is 11.3. The van der Waals surface area contributed by atoms with Gasteiger partial charge in [-0.3, -0.25) is 4.79 Å². The van der Waals surface area contributed by atoms with E-state index in [9.17, 15) is 13.2 Å². The minimum Gasteiger partial charge on any atom is -0.468 e. The van der Waals surface area contributed by atoms with Crippen LogP contribution in [-0.2, 0) is 28.8 Å². The van der Waals surface area contributed by atoms with E-state index in [1.807, 2.05) is 0 Å². The highest BCUT2D eigenvalue weighted by atomic mass is 32.2. The first-order valence-corrected chi connectivity index (χ1v) is 10.4. The largest absolute Gasteiger partial charge is 0.468 e. The molecule has 0 fully saturated rings. The Morgan fingerprint density at radius 1 is 1.12 bits per heavy atom. The predicted octanol–water partition coefficient (Wildman–Crippen LogP) is 3.21. The Morgan fingerprint density at radius 2 is 1.77 bits per heavy atom. The van der Waals surface area contributed by atoms with E-state index in [1.54, 1.807) is 25.1 Å². The van der Waals surface area contributed by atoms with Crippen molar-refractivity contribution in [1.82, 2.24) is 0 Å².